The highest BCUT2D eigenvalue weighted by Crippen LogP contribution is 2.17. The van der Waals surface area contributed by atoms with Gasteiger partial charge in [-0.25, -0.2) is 0 Å². The lowest BCUT2D eigenvalue weighted by atomic mass is 9.97. The summed E-state index contributed by atoms with van der Waals surface area (Å²) < 4.78 is 0.533. The van der Waals surface area contributed by atoms with E-state index in [9.17, 15) is 9.90 Å². The minimum atomic E-state index is -1.26. The van der Waals surface area contributed by atoms with Crippen molar-refractivity contribution >= 4 is 5.97 Å². The first-order valence-electron chi connectivity index (χ1n) is 8.11. The quantitative estimate of drug-likeness (QED) is 0.330. The number of allylic oxidation sites excluding steroid dienone is 1. The predicted molar refractivity (Wildman–Crippen MR) is 87.2 cm³/mol. The van der Waals surface area contributed by atoms with Gasteiger partial charge < -0.3 is 14.7 Å². The minimum Gasteiger partial charge on any atom is -0.481 e. The van der Waals surface area contributed by atoms with Crippen LogP contribution in [0.3, 0.4) is 0 Å². The van der Waals surface area contributed by atoms with Gasteiger partial charge in [0.1, 0.15) is 12.1 Å². The Labute approximate surface area is 130 Å². The third-order valence-corrected chi connectivity index (χ3v) is 3.36. The zero-order chi connectivity index (χ0) is 16.4. The average molecular weight is 300 g/mol. The van der Waals surface area contributed by atoms with Crippen molar-refractivity contribution in [2.24, 2.45) is 0 Å². The summed E-state index contributed by atoms with van der Waals surface area (Å²) in [6.07, 6.45) is 11.7. The van der Waals surface area contributed by atoms with Crippen molar-refractivity contribution in [3.63, 3.8) is 0 Å². The molecule has 0 heterocycles. The number of likely N-dealkylation sites (N-methyl/N-ethyl adjacent to an activating group) is 1. The first-order valence-corrected chi connectivity index (χ1v) is 8.11. The van der Waals surface area contributed by atoms with Crippen molar-refractivity contribution in [3.05, 3.63) is 12.2 Å². The molecule has 0 aromatic heterocycles. The van der Waals surface area contributed by atoms with Crippen molar-refractivity contribution in [3.8, 4) is 0 Å². The van der Waals surface area contributed by atoms with Gasteiger partial charge in [0.25, 0.3) is 0 Å². The molecule has 0 aliphatic carbocycles. The Morgan fingerprint density at radius 1 is 1.10 bits per heavy atom. The Bertz CT molecular complexity index is 320. The molecule has 0 aliphatic rings. The van der Waals surface area contributed by atoms with E-state index in [4.69, 9.17) is 5.11 Å². The number of unbranched alkanes of at least 4 members (excludes halogenated alkanes) is 6. The summed E-state index contributed by atoms with van der Waals surface area (Å²) in [7, 11) is 5.86. The first kappa shape index (κ1) is 20.1. The number of hydrogen-bond acceptors (Lipinski definition) is 2. The number of rotatable bonds is 12. The summed E-state index contributed by atoms with van der Waals surface area (Å²) in [6, 6.07) is 0. The Morgan fingerprint density at radius 2 is 1.67 bits per heavy atom. The summed E-state index contributed by atoms with van der Waals surface area (Å²) in [5.41, 5.74) is -1.26. The molecular formula is C17H34NO3+. The fraction of sp³-hybridized carbons (Fsp3) is 0.824. The van der Waals surface area contributed by atoms with Crippen LogP contribution in [0.4, 0.5) is 0 Å². The van der Waals surface area contributed by atoms with E-state index in [1.54, 1.807) is 6.08 Å². The van der Waals surface area contributed by atoms with Crippen LogP contribution >= 0.6 is 0 Å². The van der Waals surface area contributed by atoms with Crippen LogP contribution in [0.5, 0.6) is 0 Å². The van der Waals surface area contributed by atoms with Crippen molar-refractivity contribution in [1.82, 2.24) is 0 Å². The molecule has 0 saturated carbocycles. The molecule has 0 amide bonds. The standard InChI is InChI=1S/C17H33NO3/c1-5-6-7-8-9-10-11-12-13-17(21,14-16(19)20)15-18(2,3)4/h12-13,21H,5-11,14-15H2,1-4H3/p+1. The Morgan fingerprint density at radius 3 is 2.19 bits per heavy atom. The Balaban J connectivity index is 4.21. The minimum absolute atomic E-state index is 0.241. The third-order valence-electron chi connectivity index (χ3n) is 3.36. The molecular weight excluding hydrogens is 266 g/mol. The van der Waals surface area contributed by atoms with E-state index in [0.29, 0.717) is 11.0 Å². The molecule has 0 rings (SSSR count). The maximum Gasteiger partial charge on any atom is 0.306 e. The maximum atomic E-state index is 10.9. The average Bonchev–Trinajstić information content (AvgIpc) is 2.29. The van der Waals surface area contributed by atoms with Crippen LogP contribution in [0.15, 0.2) is 12.2 Å². The van der Waals surface area contributed by atoms with Crippen LogP contribution in [0.2, 0.25) is 0 Å². The number of carbonyl (C=O) groups is 1. The molecule has 0 fully saturated rings. The van der Waals surface area contributed by atoms with Crippen LogP contribution in [-0.2, 0) is 4.79 Å². The smallest absolute Gasteiger partial charge is 0.306 e. The van der Waals surface area contributed by atoms with Gasteiger partial charge in [-0.1, -0.05) is 51.2 Å². The molecule has 4 heteroatoms. The molecule has 0 aromatic rings. The van der Waals surface area contributed by atoms with E-state index in [-0.39, 0.29) is 6.42 Å². The molecule has 1 unspecified atom stereocenters. The fourth-order valence-electron chi connectivity index (χ4n) is 2.60. The molecule has 2 N–H and O–H groups in total. The van der Waals surface area contributed by atoms with Gasteiger partial charge in [-0.15, -0.1) is 0 Å². The highest BCUT2D eigenvalue weighted by Gasteiger charge is 2.33. The van der Waals surface area contributed by atoms with Crippen LogP contribution in [0.1, 0.15) is 58.3 Å². The van der Waals surface area contributed by atoms with E-state index < -0.39 is 11.6 Å². The zero-order valence-corrected chi connectivity index (χ0v) is 14.3. The van der Waals surface area contributed by atoms with Crippen LogP contribution in [0, 0.1) is 0 Å². The van der Waals surface area contributed by atoms with Crippen LogP contribution in [0.25, 0.3) is 0 Å². The molecule has 0 bridgehead atoms. The van der Waals surface area contributed by atoms with E-state index in [1.165, 1.54) is 32.1 Å². The lowest BCUT2D eigenvalue weighted by molar-refractivity contribution is -0.876. The second-order valence-corrected chi connectivity index (χ2v) is 7.08. The molecule has 0 aromatic carbocycles. The number of quaternary nitrogens is 1. The summed E-state index contributed by atoms with van der Waals surface area (Å²) in [5, 5.41) is 19.5. The number of hydrogen-bond donors (Lipinski definition) is 2. The Hall–Kier alpha value is -0.870. The summed E-state index contributed by atoms with van der Waals surface area (Å²) >= 11 is 0. The van der Waals surface area contributed by atoms with Gasteiger partial charge in [-0.05, 0) is 12.8 Å². The second kappa shape index (κ2) is 9.96. The second-order valence-electron chi connectivity index (χ2n) is 7.08. The van der Waals surface area contributed by atoms with Gasteiger partial charge in [-0.2, -0.15) is 0 Å². The van der Waals surface area contributed by atoms with Gasteiger partial charge in [0, 0.05) is 0 Å². The van der Waals surface area contributed by atoms with Gasteiger partial charge in [0.2, 0.25) is 0 Å². The molecule has 1 atom stereocenters. The number of carboxylic acid groups (broad SMARTS) is 1. The third kappa shape index (κ3) is 12.6. The fourth-order valence-corrected chi connectivity index (χ4v) is 2.60. The first-order chi connectivity index (χ1) is 9.68. The van der Waals surface area contributed by atoms with E-state index in [0.717, 1.165) is 12.8 Å². The predicted octanol–water partition coefficient (Wildman–Crippen LogP) is 3.21. The summed E-state index contributed by atoms with van der Waals surface area (Å²) in [5.74, 6) is -0.963. The van der Waals surface area contributed by atoms with E-state index in [2.05, 4.69) is 6.92 Å². The van der Waals surface area contributed by atoms with Gasteiger partial charge in [0.05, 0.1) is 27.6 Å². The molecule has 0 radical (unpaired) electrons. The van der Waals surface area contributed by atoms with Crippen molar-refractivity contribution in [1.29, 1.82) is 0 Å². The Kier molecular flexibility index (Phi) is 9.54. The monoisotopic (exact) mass is 300 g/mol. The lowest BCUT2D eigenvalue weighted by Crippen LogP contribution is -2.49. The SMILES string of the molecule is CCCCCCCCC=CC(O)(CC(=O)O)C[N+](C)(C)C. The number of aliphatic hydroxyl groups is 1. The maximum absolute atomic E-state index is 10.9. The largest absolute Gasteiger partial charge is 0.481 e. The topological polar surface area (TPSA) is 57.5 Å². The normalized spacial score (nSPS) is 15.3. The molecule has 0 saturated heterocycles. The van der Waals surface area contributed by atoms with Crippen molar-refractivity contribution in [2.45, 2.75) is 63.9 Å². The molecule has 0 spiro atoms. The van der Waals surface area contributed by atoms with Crippen molar-refractivity contribution in [2.75, 3.05) is 27.7 Å². The number of nitrogens with zero attached hydrogens (tertiary/aromatic N) is 1. The zero-order valence-electron chi connectivity index (χ0n) is 14.3. The highest BCUT2D eigenvalue weighted by molar-refractivity contribution is 5.68. The lowest BCUT2D eigenvalue weighted by Gasteiger charge is -2.32. The number of aliphatic carboxylic acids is 1. The van der Waals surface area contributed by atoms with Gasteiger partial charge in [-0.3, -0.25) is 4.79 Å². The summed E-state index contributed by atoms with van der Waals surface area (Å²) in [6.45, 7) is 2.60. The van der Waals surface area contributed by atoms with Gasteiger partial charge >= 0.3 is 5.97 Å². The van der Waals surface area contributed by atoms with Crippen molar-refractivity contribution < 1.29 is 19.5 Å². The molecule has 4 nitrogen and oxygen atoms in total. The molecule has 21 heavy (non-hydrogen) atoms. The van der Waals surface area contributed by atoms with Crippen LogP contribution < -0.4 is 0 Å². The van der Waals surface area contributed by atoms with Gasteiger partial charge in [0.15, 0.2) is 0 Å². The number of carboxylic acids is 1. The van der Waals surface area contributed by atoms with E-state index >= 15 is 0 Å². The van der Waals surface area contributed by atoms with Crippen LogP contribution in [-0.4, -0.2) is 54.0 Å². The van der Waals surface area contributed by atoms with E-state index in [1.807, 2.05) is 27.2 Å². The summed E-state index contributed by atoms with van der Waals surface area (Å²) in [4.78, 5) is 10.9. The molecule has 0 aliphatic heterocycles. The molecule has 124 valence electrons. The highest BCUT2D eigenvalue weighted by atomic mass is 16.4.